The van der Waals surface area contributed by atoms with Gasteiger partial charge in [0.15, 0.2) is 0 Å². The van der Waals surface area contributed by atoms with Gasteiger partial charge < -0.3 is 9.80 Å². The third kappa shape index (κ3) is 2.16. The number of imide groups is 1. The second-order valence-corrected chi connectivity index (χ2v) is 9.42. The lowest BCUT2D eigenvalue weighted by atomic mass is 9.75. The second kappa shape index (κ2) is 6.62. The van der Waals surface area contributed by atoms with Crippen molar-refractivity contribution >= 4 is 40.7 Å². The van der Waals surface area contributed by atoms with Crippen LogP contribution in [0.25, 0.3) is 0 Å². The number of hydrogen-bond acceptors (Lipinski definition) is 3. The van der Waals surface area contributed by atoms with Gasteiger partial charge in [-0.15, -0.1) is 0 Å². The first kappa shape index (κ1) is 19.9. The van der Waals surface area contributed by atoms with E-state index in [0.29, 0.717) is 6.54 Å². The van der Waals surface area contributed by atoms with Crippen molar-refractivity contribution in [3.05, 3.63) is 58.9 Å². The SMILES string of the molecule is CCN1C(=O)[C@@]2(c3ccccc31)[C@@H]1C(=O)N(c3ccc(F)c(Cl)c3)C(=O)[C@@H]1[C@@H]1CCC[NH+]12. The molecule has 0 aromatic heterocycles. The topological polar surface area (TPSA) is 62.1 Å². The highest BCUT2D eigenvalue weighted by molar-refractivity contribution is 6.32. The van der Waals surface area contributed by atoms with E-state index in [0.717, 1.165) is 46.5 Å². The number of anilines is 2. The predicted octanol–water partition coefficient (Wildman–Crippen LogP) is 1.91. The highest BCUT2D eigenvalue weighted by Gasteiger charge is 2.79. The van der Waals surface area contributed by atoms with Crippen LogP contribution >= 0.6 is 11.6 Å². The molecule has 2 aromatic rings. The van der Waals surface area contributed by atoms with E-state index < -0.39 is 29.1 Å². The van der Waals surface area contributed by atoms with Crippen molar-refractivity contribution in [3.63, 3.8) is 0 Å². The van der Waals surface area contributed by atoms with Crippen LogP contribution in [-0.2, 0) is 19.9 Å². The van der Waals surface area contributed by atoms with Gasteiger partial charge in [-0.25, -0.2) is 9.29 Å². The van der Waals surface area contributed by atoms with Crippen molar-refractivity contribution in [2.24, 2.45) is 11.8 Å². The normalized spacial score (nSPS) is 32.8. The Morgan fingerprint density at radius 3 is 2.69 bits per heavy atom. The van der Waals surface area contributed by atoms with E-state index in [4.69, 9.17) is 11.6 Å². The zero-order valence-corrected chi connectivity index (χ0v) is 18.2. The Bertz CT molecular complexity index is 1200. The van der Waals surface area contributed by atoms with E-state index in [1.807, 2.05) is 31.2 Å². The number of carbonyl (C=O) groups is 3. The first-order valence-electron chi connectivity index (χ1n) is 11.0. The number of quaternary nitrogens is 1. The Kier molecular flexibility index (Phi) is 4.11. The molecule has 0 saturated carbocycles. The summed E-state index contributed by atoms with van der Waals surface area (Å²) in [6.45, 7) is 3.16. The fourth-order valence-corrected chi connectivity index (χ4v) is 6.97. The summed E-state index contributed by atoms with van der Waals surface area (Å²) in [6.07, 6.45) is 1.69. The molecule has 1 spiro atoms. The zero-order chi connectivity index (χ0) is 22.4. The predicted molar refractivity (Wildman–Crippen MR) is 116 cm³/mol. The van der Waals surface area contributed by atoms with Crippen LogP contribution in [0.1, 0.15) is 25.3 Å². The van der Waals surface area contributed by atoms with Gasteiger partial charge in [-0.3, -0.25) is 14.4 Å². The van der Waals surface area contributed by atoms with Crippen molar-refractivity contribution in [2.45, 2.75) is 31.3 Å². The molecule has 2 aromatic carbocycles. The molecule has 5 atom stereocenters. The van der Waals surface area contributed by atoms with Gasteiger partial charge in [0.25, 0.3) is 5.91 Å². The van der Waals surface area contributed by atoms with E-state index >= 15 is 0 Å². The molecular formula is C24H22ClFN3O3+. The zero-order valence-electron chi connectivity index (χ0n) is 17.5. The lowest BCUT2D eigenvalue weighted by Gasteiger charge is -2.34. The van der Waals surface area contributed by atoms with Gasteiger partial charge in [-0.05, 0) is 31.2 Å². The lowest BCUT2D eigenvalue weighted by Crippen LogP contribution is -3.20. The van der Waals surface area contributed by atoms with Gasteiger partial charge in [-0.2, -0.15) is 0 Å². The Balaban J connectivity index is 1.56. The average molecular weight is 455 g/mol. The number of hydrogen-bond donors (Lipinski definition) is 1. The van der Waals surface area contributed by atoms with Crippen molar-refractivity contribution in [2.75, 3.05) is 22.9 Å². The number of fused-ring (bicyclic) bond motifs is 7. The van der Waals surface area contributed by atoms with Crippen LogP contribution in [-0.4, -0.2) is 36.9 Å². The van der Waals surface area contributed by atoms with Gasteiger partial charge in [-0.1, -0.05) is 29.8 Å². The van der Waals surface area contributed by atoms with Crippen molar-refractivity contribution < 1.29 is 23.7 Å². The van der Waals surface area contributed by atoms with Crippen LogP contribution in [0.3, 0.4) is 0 Å². The summed E-state index contributed by atoms with van der Waals surface area (Å²) in [7, 11) is 0. The quantitative estimate of drug-likeness (QED) is 0.705. The molecule has 0 aliphatic carbocycles. The third-order valence-corrected chi connectivity index (χ3v) is 8.14. The molecule has 4 heterocycles. The van der Waals surface area contributed by atoms with E-state index in [9.17, 15) is 18.8 Å². The summed E-state index contributed by atoms with van der Waals surface area (Å²) in [6, 6.07) is 11.4. The highest BCUT2D eigenvalue weighted by Crippen LogP contribution is 2.53. The van der Waals surface area contributed by atoms with E-state index in [-0.39, 0.29) is 28.6 Å². The molecule has 3 fully saturated rings. The maximum absolute atomic E-state index is 14.0. The van der Waals surface area contributed by atoms with Crippen LogP contribution in [0, 0.1) is 17.7 Å². The summed E-state index contributed by atoms with van der Waals surface area (Å²) in [5, 5.41) is -0.151. The maximum atomic E-state index is 14.0. The van der Waals surface area contributed by atoms with Crippen LogP contribution in [0.4, 0.5) is 15.8 Å². The Morgan fingerprint density at radius 2 is 1.94 bits per heavy atom. The minimum Gasteiger partial charge on any atom is -0.315 e. The number of halogens is 2. The Hall–Kier alpha value is -2.77. The summed E-state index contributed by atoms with van der Waals surface area (Å²) in [5.41, 5.74) is 0.800. The minimum absolute atomic E-state index is 0.101. The first-order valence-corrected chi connectivity index (χ1v) is 11.4. The molecule has 1 unspecified atom stereocenters. The summed E-state index contributed by atoms with van der Waals surface area (Å²) < 4.78 is 13.8. The molecule has 32 heavy (non-hydrogen) atoms. The third-order valence-electron chi connectivity index (χ3n) is 7.85. The summed E-state index contributed by atoms with van der Waals surface area (Å²) in [5.74, 6) is -2.80. The van der Waals surface area contributed by atoms with Gasteiger partial charge in [0, 0.05) is 24.9 Å². The number of nitrogens with one attached hydrogen (secondary N) is 1. The van der Waals surface area contributed by atoms with Crippen LogP contribution in [0.5, 0.6) is 0 Å². The van der Waals surface area contributed by atoms with Crippen LogP contribution in [0.2, 0.25) is 5.02 Å². The standard InChI is InChI=1S/C24H21ClFN3O3/c1-2-27-17-7-4-3-6-14(17)24(23(27)32)20-19(18-8-5-11-28(18)24)21(30)29(22(20)31)13-9-10-16(26)15(25)12-13/h3-4,6-7,9-10,12,18-20H,2,5,8,11H2,1H3/p+1/t18-,19+,20-,24+/m0/s1. The van der Waals surface area contributed by atoms with Crippen molar-refractivity contribution in [1.82, 2.24) is 0 Å². The van der Waals surface area contributed by atoms with Gasteiger partial charge >= 0.3 is 0 Å². The van der Waals surface area contributed by atoms with E-state index in [1.54, 1.807) is 4.90 Å². The monoisotopic (exact) mass is 454 g/mol. The smallest absolute Gasteiger partial charge is 0.294 e. The van der Waals surface area contributed by atoms with Crippen LogP contribution < -0.4 is 14.7 Å². The molecule has 8 heteroatoms. The van der Waals surface area contributed by atoms with Crippen molar-refractivity contribution in [3.8, 4) is 0 Å². The van der Waals surface area contributed by atoms with Crippen molar-refractivity contribution in [1.29, 1.82) is 0 Å². The molecule has 0 radical (unpaired) electrons. The number of rotatable bonds is 2. The number of carbonyl (C=O) groups excluding carboxylic acids is 3. The van der Waals surface area contributed by atoms with Gasteiger partial charge in [0.1, 0.15) is 23.7 Å². The molecule has 0 bridgehead atoms. The second-order valence-electron chi connectivity index (χ2n) is 9.01. The molecule has 4 aliphatic rings. The van der Waals surface area contributed by atoms with Gasteiger partial charge in [0.2, 0.25) is 17.4 Å². The fourth-order valence-electron chi connectivity index (χ4n) is 6.79. The van der Waals surface area contributed by atoms with Gasteiger partial charge in [0.05, 0.1) is 22.9 Å². The maximum Gasteiger partial charge on any atom is 0.294 e. The largest absolute Gasteiger partial charge is 0.315 e. The molecule has 1 N–H and O–H groups in total. The van der Waals surface area contributed by atoms with Crippen LogP contribution in [0.15, 0.2) is 42.5 Å². The van der Waals surface area contributed by atoms with E-state index in [1.165, 1.54) is 12.1 Å². The molecular weight excluding hydrogens is 433 g/mol. The lowest BCUT2D eigenvalue weighted by molar-refractivity contribution is -0.948. The number of likely N-dealkylation sites (N-methyl/N-ethyl adjacent to an activating group) is 1. The van der Waals surface area contributed by atoms with E-state index in [2.05, 4.69) is 0 Å². The Labute approximate surface area is 189 Å². The summed E-state index contributed by atoms with van der Waals surface area (Å²) in [4.78, 5) is 45.6. The number of amides is 3. The number of benzene rings is 2. The average Bonchev–Trinajstić information content (AvgIpc) is 3.48. The fraction of sp³-hybridized carbons (Fsp3) is 0.375. The summed E-state index contributed by atoms with van der Waals surface area (Å²) >= 11 is 5.96. The molecule has 3 saturated heterocycles. The molecule has 3 amide bonds. The minimum atomic E-state index is -1.11. The number of para-hydroxylation sites is 1. The Morgan fingerprint density at radius 1 is 1.16 bits per heavy atom. The molecule has 6 rings (SSSR count). The number of nitrogens with zero attached hydrogens (tertiary/aromatic N) is 2. The molecule has 6 nitrogen and oxygen atoms in total. The first-order chi connectivity index (χ1) is 15.4. The molecule has 4 aliphatic heterocycles. The highest BCUT2D eigenvalue weighted by atomic mass is 35.5. The molecule has 164 valence electrons.